The molecule has 0 bridgehead atoms. The van der Waals surface area contributed by atoms with Crippen LogP contribution in [0.5, 0.6) is 0 Å². The molecule has 0 unspecified atom stereocenters. The maximum Gasteiger partial charge on any atom is 0.254 e. The third-order valence-electron chi connectivity index (χ3n) is 6.18. The van der Waals surface area contributed by atoms with E-state index in [9.17, 15) is 8.78 Å². The van der Waals surface area contributed by atoms with E-state index in [1.54, 1.807) is 0 Å². The Morgan fingerprint density at radius 3 is 1.75 bits per heavy atom. The molecule has 2 spiro atoms. The van der Waals surface area contributed by atoms with Crippen molar-refractivity contribution in [1.82, 2.24) is 10.2 Å². The van der Waals surface area contributed by atoms with Gasteiger partial charge in [0.1, 0.15) is 0 Å². The number of hydrogen-bond acceptors (Lipinski definition) is 3. The largest absolute Gasteiger partial charge is 0.380 e. The minimum atomic E-state index is -2.32. The molecule has 3 saturated heterocycles. The highest BCUT2D eigenvalue weighted by atomic mass is 19.3. The van der Waals surface area contributed by atoms with Gasteiger partial charge in [-0.05, 0) is 65.7 Å². The third kappa shape index (κ3) is 4.28. The van der Waals surface area contributed by atoms with Crippen LogP contribution in [0.15, 0.2) is 0 Å². The zero-order valence-electron chi connectivity index (χ0n) is 16.0. The highest BCUT2D eigenvalue weighted by Gasteiger charge is 2.70. The second-order valence-electron chi connectivity index (χ2n) is 8.03. The van der Waals surface area contributed by atoms with Crippen molar-refractivity contribution in [2.24, 2.45) is 10.8 Å². The second-order valence-corrected chi connectivity index (χ2v) is 8.03. The molecule has 1 saturated carbocycles. The summed E-state index contributed by atoms with van der Waals surface area (Å²) in [5.74, 6) is -2.32. The number of halogens is 2. The first-order valence-corrected chi connectivity index (χ1v) is 9.79. The molecule has 4 fully saturated rings. The molecule has 142 valence electrons. The molecule has 3 heterocycles. The zero-order valence-corrected chi connectivity index (χ0v) is 16.0. The first-order valence-electron chi connectivity index (χ1n) is 9.79. The van der Waals surface area contributed by atoms with Crippen molar-refractivity contribution in [1.29, 1.82) is 0 Å². The van der Waals surface area contributed by atoms with Gasteiger partial charge >= 0.3 is 0 Å². The van der Waals surface area contributed by atoms with Crippen LogP contribution in [0.4, 0.5) is 8.78 Å². The molecule has 24 heavy (non-hydrogen) atoms. The molecule has 0 aromatic heterocycles. The van der Waals surface area contributed by atoms with E-state index in [0.717, 1.165) is 32.3 Å². The lowest BCUT2D eigenvalue weighted by atomic mass is 9.76. The van der Waals surface area contributed by atoms with Crippen LogP contribution in [0, 0.1) is 10.8 Å². The van der Waals surface area contributed by atoms with Crippen LogP contribution >= 0.6 is 0 Å². The van der Waals surface area contributed by atoms with E-state index in [1.807, 2.05) is 13.8 Å². The highest BCUT2D eigenvalue weighted by Crippen LogP contribution is 2.65. The predicted molar refractivity (Wildman–Crippen MR) is 94.6 cm³/mol. The summed E-state index contributed by atoms with van der Waals surface area (Å²) in [4.78, 5) is 2.57. The Kier molecular flexibility index (Phi) is 6.65. The maximum atomic E-state index is 12.6. The van der Waals surface area contributed by atoms with Gasteiger partial charge in [-0.3, -0.25) is 0 Å². The van der Waals surface area contributed by atoms with E-state index < -0.39 is 11.3 Å². The average molecular weight is 347 g/mol. The van der Waals surface area contributed by atoms with Crippen molar-refractivity contribution in [2.75, 3.05) is 39.4 Å². The lowest BCUT2D eigenvalue weighted by molar-refractivity contribution is -0.141. The van der Waals surface area contributed by atoms with E-state index >= 15 is 0 Å². The van der Waals surface area contributed by atoms with Gasteiger partial charge in [-0.2, -0.15) is 0 Å². The molecule has 0 atom stereocenters. The first-order chi connectivity index (χ1) is 11.4. The van der Waals surface area contributed by atoms with Gasteiger partial charge in [0.25, 0.3) is 5.92 Å². The fraction of sp³-hybridized carbons (Fsp3) is 1.00. The van der Waals surface area contributed by atoms with Crippen molar-refractivity contribution in [3.63, 3.8) is 0 Å². The van der Waals surface area contributed by atoms with Gasteiger partial charge in [0.2, 0.25) is 0 Å². The summed E-state index contributed by atoms with van der Waals surface area (Å²) in [6, 6.07) is 0.725. The molecule has 0 aromatic rings. The van der Waals surface area contributed by atoms with Crippen molar-refractivity contribution in [3.05, 3.63) is 0 Å². The molecule has 4 rings (SSSR count). The summed E-state index contributed by atoms with van der Waals surface area (Å²) in [5, 5.41) is 3.08. The fourth-order valence-electron chi connectivity index (χ4n) is 4.02. The molecule has 1 aliphatic carbocycles. The Bertz CT molecular complexity index is 381. The highest BCUT2D eigenvalue weighted by molar-refractivity contribution is 5.11. The number of piperidine rings is 2. The monoisotopic (exact) mass is 346 g/mol. The number of nitrogens with zero attached hydrogens (tertiary/aromatic N) is 1. The van der Waals surface area contributed by atoms with Crippen LogP contribution in [-0.4, -0.2) is 56.3 Å². The molecule has 5 heteroatoms. The quantitative estimate of drug-likeness (QED) is 0.779. The SMILES string of the molecule is CC.CC(C)N1CCC2(CC1)COC2.FC1(F)CC12CCNCC2. The first kappa shape index (κ1) is 20.1. The molecule has 3 nitrogen and oxygen atoms in total. The number of hydrogen-bond donors (Lipinski definition) is 1. The molecule has 1 N–H and O–H groups in total. The van der Waals surface area contributed by atoms with E-state index in [-0.39, 0.29) is 6.42 Å². The summed E-state index contributed by atoms with van der Waals surface area (Å²) in [5.41, 5.74) is 0.0314. The maximum absolute atomic E-state index is 12.6. The Morgan fingerprint density at radius 1 is 0.958 bits per heavy atom. The van der Waals surface area contributed by atoms with Crippen molar-refractivity contribution in [3.8, 4) is 0 Å². The van der Waals surface area contributed by atoms with Crippen LogP contribution in [-0.2, 0) is 4.74 Å². The number of alkyl halides is 2. The lowest BCUT2D eigenvalue weighted by Gasteiger charge is -2.48. The van der Waals surface area contributed by atoms with Crippen LogP contribution in [0.1, 0.15) is 59.8 Å². The standard InChI is InChI=1S/C10H19NO.C7H11F2N.C2H6/c1-9(2)11-5-3-10(4-6-11)7-12-8-10;8-7(9)5-6(7)1-3-10-4-2-6;1-2/h9H,3-8H2,1-2H3;10H,1-5H2;1-2H3. The Morgan fingerprint density at radius 2 is 1.46 bits per heavy atom. The zero-order chi connectivity index (χ0) is 17.8. The molecular weight excluding hydrogens is 310 g/mol. The van der Waals surface area contributed by atoms with E-state index in [0.29, 0.717) is 18.3 Å². The molecule has 0 amide bonds. The van der Waals surface area contributed by atoms with Gasteiger partial charge in [-0.15, -0.1) is 0 Å². The Balaban J connectivity index is 0.000000160. The van der Waals surface area contributed by atoms with E-state index in [4.69, 9.17) is 4.74 Å². The number of ether oxygens (including phenoxy) is 1. The Labute approximate surface area is 146 Å². The van der Waals surface area contributed by atoms with Crippen LogP contribution in [0.25, 0.3) is 0 Å². The second kappa shape index (κ2) is 7.96. The molecule has 3 aliphatic heterocycles. The number of likely N-dealkylation sites (tertiary alicyclic amines) is 1. The molecule has 4 aliphatic rings. The normalized spacial score (nSPS) is 29.1. The van der Waals surface area contributed by atoms with Crippen molar-refractivity contribution >= 4 is 0 Å². The lowest BCUT2D eigenvalue weighted by Crippen LogP contribution is -2.52. The van der Waals surface area contributed by atoms with Gasteiger partial charge in [0, 0.05) is 23.3 Å². The van der Waals surface area contributed by atoms with E-state index in [1.165, 1.54) is 25.9 Å². The van der Waals surface area contributed by atoms with Gasteiger partial charge in [0.05, 0.1) is 13.2 Å². The summed E-state index contributed by atoms with van der Waals surface area (Å²) in [6.45, 7) is 14.7. The summed E-state index contributed by atoms with van der Waals surface area (Å²) >= 11 is 0. The summed E-state index contributed by atoms with van der Waals surface area (Å²) in [7, 11) is 0. The van der Waals surface area contributed by atoms with Crippen LogP contribution in [0.3, 0.4) is 0 Å². The Hall–Kier alpha value is -0.260. The summed E-state index contributed by atoms with van der Waals surface area (Å²) < 4.78 is 30.6. The molecule has 0 radical (unpaired) electrons. The van der Waals surface area contributed by atoms with Gasteiger partial charge in [-0.1, -0.05) is 13.8 Å². The topological polar surface area (TPSA) is 24.5 Å². The average Bonchev–Trinajstić information content (AvgIpc) is 3.08. The van der Waals surface area contributed by atoms with E-state index in [2.05, 4.69) is 24.1 Å². The van der Waals surface area contributed by atoms with Crippen LogP contribution in [0.2, 0.25) is 0 Å². The van der Waals surface area contributed by atoms with Gasteiger partial charge in [-0.25, -0.2) is 8.78 Å². The fourth-order valence-corrected chi connectivity index (χ4v) is 4.02. The molecular formula is C19H36F2N2O. The summed E-state index contributed by atoms with van der Waals surface area (Å²) in [6.07, 6.45) is 4.18. The number of rotatable bonds is 1. The number of nitrogens with one attached hydrogen (secondary N) is 1. The van der Waals surface area contributed by atoms with Gasteiger partial charge < -0.3 is 15.0 Å². The third-order valence-corrected chi connectivity index (χ3v) is 6.18. The van der Waals surface area contributed by atoms with Gasteiger partial charge in [0.15, 0.2) is 0 Å². The van der Waals surface area contributed by atoms with Crippen molar-refractivity contribution in [2.45, 2.75) is 71.8 Å². The minimum absolute atomic E-state index is 0.141. The molecule has 0 aromatic carbocycles. The van der Waals surface area contributed by atoms with Crippen molar-refractivity contribution < 1.29 is 13.5 Å². The minimum Gasteiger partial charge on any atom is -0.380 e. The van der Waals surface area contributed by atoms with Crippen LogP contribution < -0.4 is 5.32 Å². The smallest absolute Gasteiger partial charge is 0.254 e. The predicted octanol–water partition coefficient (Wildman–Crippen LogP) is 3.93.